The Bertz CT molecular complexity index is 453. The number of amides is 1. The van der Waals surface area contributed by atoms with E-state index in [1.54, 1.807) is 4.90 Å². The average molecular weight is 274 g/mol. The van der Waals surface area contributed by atoms with Gasteiger partial charge in [-0.1, -0.05) is 12.1 Å². The Morgan fingerprint density at radius 3 is 2.94 bits per heavy atom. The molecule has 0 saturated carbocycles. The van der Waals surface area contributed by atoms with Crippen LogP contribution in [0.2, 0.25) is 0 Å². The van der Waals surface area contributed by atoms with Gasteiger partial charge in [0.1, 0.15) is 0 Å². The molecule has 0 N–H and O–H groups in total. The standard InChI is InChI=1S/C13H14ClF2NO/c14-8-10-4-2-6-17(10)12(18)7-9-3-1-5-11(15)13(9)16/h1,3,5,10H,2,4,6-8H2. The van der Waals surface area contributed by atoms with E-state index in [0.29, 0.717) is 12.4 Å². The minimum Gasteiger partial charge on any atom is -0.338 e. The lowest BCUT2D eigenvalue weighted by atomic mass is 10.1. The molecule has 1 saturated heterocycles. The van der Waals surface area contributed by atoms with Crippen molar-refractivity contribution < 1.29 is 13.6 Å². The summed E-state index contributed by atoms with van der Waals surface area (Å²) in [7, 11) is 0. The van der Waals surface area contributed by atoms with Crippen molar-refractivity contribution in [1.29, 1.82) is 0 Å². The number of carbonyl (C=O) groups is 1. The van der Waals surface area contributed by atoms with E-state index in [4.69, 9.17) is 11.6 Å². The molecule has 2 nitrogen and oxygen atoms in total. The Morgan fingerprint density at radius 1 is 1.44 bits per heavy atom. The molecule has 0 bridgehead atoms. The SMILES string of the molecule is O=C(Cc1cccc(F)c1F)N1CCCC1CCl. The summed E-state index contributed by atoms with van der Waals surface area (Å²) >= 11 is 5.78. The number of likely N-dealkylation sites (tertiary alicyclic amines) is 1. The Hall–Kier alpha value is -1.16. The zero-order valence-electron chi connectivity index (χ0n) is 9.83. The smallest absolute Gasteiger partial charge is 0.227 e. The van der Waals surface area contributed by atoms with E-state index in [9.17, 15) is 13.6 Å². The highest BCUT2D eigenvalue weighted by molar-refractivity contribution is 6.18. The van der Waals surface area contributed by atoms with Crippen molar-refractivity contribution in [3.63, 3.8) is 0 Å². The summed E-state index contributed by atoms with van der Waals surface area (Å²) in [6.45, 7) is 0.646. The number of nitrogens with zero attached hydrogens (tertiary/aromatic N) is 1. The molecule has 0 aromatic heterocycles. The van der Waals surface area contributed by atoms with Crippen molar-refractivity contribution in [1.82, 2.24) is 4.90 Å². The molecule has 0 aliphatic carbocycles. The Labute approximate surface area is 110 Å². The minimum absolute atomic E-state index is 0.0239. The van der Waals surface area contributed by atoms with Crippen molar-refractivity contribution in [3.05, 3.63) is 35.4 Å². The quantitative estimate of drug-likeness (QED) is 0.776. The largest absolute Gasteiger partial charge is 0.338 e. The molecule has 18 heavy (non-hydrogen) atoms. The number of benzene rings is 1. The van der Waals surface area contributed by atoms with E-state index in [1.807, 2.05) is 0 Å². The first-order valence-corrected chi connectivity index (χ1v) is 6.45. The molecule has 1 atom stereocenters. The van der Waals surface area contributed by atoms with Crippen molar-refractivity contribution in [2.45, 2.75) is 25.3 Å². The maximum atomic E-state index is 13.5. The van der Waals surface area contributed by atoms with Gasteiger partial charge in [0.25, 0.3) is 0 Å². The van der Waals surface area contributed by atoms with Crippen LogP contribution in [0.25, 0.3) is 0 Å². The van der Waals surface area contributed by atoms with E-state index in [1.165, 1.54) is 12.1 Å². The van der Waals surface area contributed by atoms with Gasteiger partial charge in [0.05, 0.1) is 6.42 Å². The van der Waals surface area contributed by atoms with Crippen molar-refractivity contribution in [2.24, 2.45) is 0 Å². The predicted molar refractivity (Wildman–Crippen MR) is 65.5 cm³/mol. The summed E-state index contributed by atoms with van der Waals surface area (Å²) in [5.74, 6) is -1.66. The molecule has 1 aromatic carbocycles. The predicted octanol–water partition coefficient (Wildman–Crippen LogP) is 2.74. The maximum Gasteiger partial charge on any atom is 0.227 e. The van der Waals surface area contributed by atoms with Gasteiger partial charge >= 0.3 is 0 Å². The van der Waals surface area contributed by atoms with Crippen LogP contribution in [-0.2, 0) is 11.2 Å². The number of hydrogen-bond acceptors (Lipinski definition) is 1. The number of carbonyl (C=O) groups excluding carboxylic acids is 1. The topological polar surface area (TPSA) is 20.3 Å². The van der Waals surface area contributed by atoms with Gasteiger partial charge in [-0.3, -0.25) is 4.79 Å². The van der Waals surface area contributed by atoms with Gasteiger partial charge in [-0.15, -0.1) is 11.6 Å². The van der Waals surface area contributed by atoms with Crippen LogP contribution >= 0.6 is 11.6 Å². The molecular weight excluding hydrogens is 260 g/mol. The second-order valence-corrected chi connectivity index (χ2v) is 4.74. The molecule has 1 heterocycles. The third-order valence-electron chi connectivity index (χ3n) is 3.25. The summed E-state index contributed by atoms with van der Waals surface area (Å²) in [6, 6.07) is 3.91. The van der Waals surface area contributed by atoms with Gasteiger partial charge < -0.3 is 4.90 Å². The van der Waals surface area contributed by atoms with Gasteiger partial charge in [-0.25, -0.2) is 8.78 Å². The molecule has 0 spiro atoms. The fourth-order valence-electron chi connectivity index (χ4n) is 2.27. The molecule has 98 valence electrons. The number of hydrogen-bond donors (Lipinski definition) is 0. The first kappa shape index (κ1) is 13.3. The fraction of sp³-hybridized carbons (Fsp3) is 0.462. The van der Waals surface area contributed by atoms with E-state index in [-0.39, 0.29) is 23.9 Å². The monoisotopic (exact) mass is 273 g/mol. The molecule has 1 amide bonds. The fourth-order valence-corrected chi connectivity index (χ4v) is 2.59. The van der Waals surface area contributed by atoms with Crippen LogP contribution in [0.1, 0.15) is 18.4 Å². The second kappa shape index (κ2) is 5.65. The minimum atomic E-state index is -0.938. The lowest BCUT2D eigenvalue weighted by Gasteiger charge is -2.23. The summed E-state index contributed by atoms with van der Waals surface area (Å²) < 4.78 is 26.5. The average Bonchev–Trinajstić information content (AvgIpc) is 2.83. The zero-order chi connectivity index (χ0) is 13.1. The summed E-state index contributed by atoms with van der Waals surface area (Å²) in [4.78, 5) is 13.7. The van der Waals surface area contributed by atoms with Gasteiger partial charge in [0, 0.05) is 24.0 Å². The van der Waals surface area contributed by atoms with E-state index in [0.717, 1.165) is 18.9 Å². The van der Waals surface area contributed by atoms with Crippen LogP contribution < -0.4 is 0 Å². The Kier molecular flexibility index (Phi) is 4.17. The Balaban J connectivity index is 2.09. The van der Waals surface area contributed by atoms with Crippen LogP contribution in [0, 0.1) is 11.6 Å². The van der Waals surface area contributed by atoms with Gasteiger partial charge in [0.15, 0.2) is 11.6 Å². The van der Waals surface area contributed by atoms with Crippen LogP contribution in [0.5, 0.6) is 0 Å². The molecule has 1 aliphatic heterocycles. The maximum absolute atomic E-state index is 13.5. The zero-order valence-corrected chi connectivity index (χ0v) is 10.6. The van der Waals surface area contributed by atoms with Gasteiger partial charge in [0.2, 0.25) is 5.91 Å². The van der Waals surface area contributed by atoms with Crippen molar-refractivity contribution >= 4 is 17.5 Å². The van der Waals surface area contributed by atoms with Gasteiger partial charge in [-0.05, 0) is 18.9 Å². The first-order valence-electron chi connectivity index (χ1n) is 5.92. The highest BCUT2D eigenvalue weighted by atomic mass is 35.5. The molecule has 1 fully saturated rings. The molecular formula is C13H14ClF2NO. The second-order valence-electron chi connectivity index (χ2n) is 4.43. The third kappa shape index (κ3) is 2.64. The lowest BCUT2D eigenvalue weighted by molar-refractivity contribution is -0.130. The first-order chi connectivity index (χ1) is 8.63. The molecule has 1 unspecified atom stereocenters. The van der Waals surface area contributed by atoms with Crippen LogP contribution in [0.15, 0.2) is 18.2 Å². The summed E-state index contributed by atoms with van der Waals surface area (Å²) in [6.07, 6.45) is 1.67. The van der Waals surface area contributed by atoms with E-state index < -0.39 is 11.6 Å². The molecule has 2 rings (SSSR count). The normalized spacial score (nSPS) is 19.3. The summed E-state index contributed by atoms with van der Waals surface area (Å²) in [5, 5.41) is 0. The molecule has 0 radical (unpaired) electrons. The van der Waals surface area contributed by atoms with Crippen LogP contribution in [0.4, 0.5) is 8.78 Å². The van der Waals surface area contributed by atoms with Crippen LogP contribution in [-0.4, -0.2) is 29.3 Å². The molecule has 5 heteroatoms. The van der Waals surface area contributed by atoms with Crippen molar-refractivity contribution in [2.75, 3.05) is 12.4 Å². The van der Waals surface area contributed by atoms with E-state index in [2.05, 4.69) is 0 Å². The molecule has 1 aliphatic rings. The number of halogens is 3. The van der Waals surface area contributed by atoms with Crippen LogP contribution in [0.3, 0.4) is 0 Å². The Morgan fingerprint density at radius 2 is 2.22 bits per heavy atom. The molecule has 1 aromatic rings. The highest BCUT2D eigenvalue weighted by Crippen LogP contribution is 2.20. The third-order valence-corrected chi connectivity index (χ3v) is 3.61. The lowest BCUT2D eigenvalue weighted by Crippen LogP contribution is -2.37. The number of rotatable bonds is 3. The number of alkyl halides is 1. The van der Waals surface area contributed by atoms with Gasteiger partial charge in [-0.2, -0.15) is 0 Å². The van der Waals surface area contributed by atoms with Crippen molar-refractivity contribution in [3.8, 4) is 0 Å². The summed E-state index contributed by atoms with van der Waals surface area (Å²) in [5.41, 5.74) is 0.0974. The highest BCUT2D eigenvalue weighted by Gasteiger charge is 2.28. The van der Waals surface area contributed by atoms with E-state index >= 15 is 0 Å².